The van der Waals surface area contributed by atoms with Gasteiger partial charge in [0.15, 0.2) is 16.8 Å². The molecule has 1 aliphatic carbocycles. The highest BCUT2D eigenvalue weighted by molar-refractivity contribution is 5.96. The summed E-state index contributed by atoms with van der Waals surface area (Å²) in [4.78, 5) is 36.1. The number of carboxylic acid groups (broad SMARTS) is 1. The Morgan fingerprint density at radius 2 is 1.90 bits per heavy atom. The van der Waals surface area contributed by atoms with Crippen LogP contribution in [0, 0.1) is 10.1 Å². The smallest absolute Gasteiger partial charge is 0.320 e. The lowest BCUT2D eigenvalue weighted by Gasteiger charge is -2.11. The average Bonchev–Trinajstić information content (AvgIpc) is 2.66. The van der Waals surface area contributed by atoms with Gasteiger partial charge in [0.05, 0.1) is 0 Å². The third-order valence-electron chi connectivity index (χ3n) is 4.19. The highest BCUT2D eigenvalue weighted by Gasteiger charge is 2.17. The number of benzene rings is 3. The van der Waals surface area contributed by atoms with Crippen molar-refractivity contribution in [2.24, 2.45) is 5.73 Å². The second-order valence-corrected chi connectivity index (χ2v) is 6.17. The van der Waals surface area contributed by atoms with E-state index in [9.17, 15) is 9.59 Å². The maximum atomic E-state index is 12.2. The van der Waals surface area contributed by atoms with Gasteiger partial charge in [-0.2, -0.15) is 0 Å². The van der Waals surface area contributed by atoms with Crippen LogP contribution in [0.4, 0.5) is 0 Å². The largest absolute Gasteiger partial charge is 0.480 e. The molecular formula is C19H19N3O7. The SMILES string of the molecule is NC(Cc1ccc2oc3cc(=O)c4ccccc4c-3nc2c1)C(=O)O.O=[N+]([O-])O.[HH].[HH]. The van der Waals surface area contributed by atoms with Crippen LogP contribution >= 0.6 is 0 Å². The summed E-state index contributed by atoms with van der Waals surface area (Å²) in [5.74, 6) is -0.628. The van der Waals surface area contributed by atoms with Gasteiger partial charge in [-0.15, -0.1) is 10.1 Å². The van der Waals surface area contributed by atoms with E-state index >= 15 is 0 Å². The first-order valence-corrected chi connectivity index (χ1v) is 8.33. The molecule has 1 atom stereocenters. The zero-order valence-corrected chi connectivity index (χ0v) is 14.8. The first-order chi connectivity index (χ1) is 13.8. The summed E-state index contributed by atoms with van der Waals surface area (Å²) < 4.78 is 5.83. The molecule has 0 spiro atoms. The minimum atomic E-state index is -1.50. The lowest BCUT2D eigenvalue weighted by atomic mass is 10.0. The van der Waals surface area contributed by atoms with Gasteiger partial charge < -0.3 is 20.5 Å². The Kier molecular flexibility index (Phi) is 5.37. The summed E-state index contributed by atoms with van der Waals surface area (Å²) in [6, 6.07) is 12.9. The van der Waals surface area contributed by atoms with Gasteiger partial charge in [0.1, 0.15) is 17.3 Å². The summed E-state index contributed by atoms with van der Waals surface area (Å²) in [5.41, 5.74) is 7.95. The van der Waals surface area contributed by atoms with Crippen molar-refractivity contribution in [3.05, 3.63) is 74.4 Å². The monoisotopic (exact) mass is 401 g/mol. The van der Waals surface area contributed by atoms with Gasteiger partial charge in [0.2, 0.25) is 0 Å². The van der Waals surface area contributed by atoms with Gasteiger partial charge in [-0.3, -0.25) is 9.59 Å². The van der Waals surface area contributed by atoms with Gasteiger partial charge in [0, 0.05) is 19.7 Å². The molecule has 2 aliphatic rings. The summed E-state index contributed by atoms with van der Waals surface area (Å²) in [6.07, 6.45) is 0.200. The van der Waals surface area contributed by atoms with Crippen molar-refractivity contribution in [2.45, 2.75) is 12.5 Å². The number of carboxylic acids is 1. The highest BCUT2D eigenvalue weighted by atomic mass is 16.9. The number of fused-ring (bicyclic) bond motifs is 4. The standard InChI is InChI=1S/C19H14N2O4.HNO3.2H2/c20-13(19(23)24)7-10-5-6-16-14(8-10)21-18-12-4-2-1-3-11(12)15(22)9-17(18)25-16;2-1(3)4;;/h1-6,8-9,13H,7,20H2,(H,23,24);(H,2,3,4);2*1H. The molecule has 1 aliphatic heterocycles. The minimum Gasteiger partial charge on any atom is -0.480 e. The summed E-state index contributed by atoms with van der Waals surface area (Å²) in [5, 5.41) is 23.9. The number of carbonyl (C=O) groups is 1. The molecule has 29 heavy (non-hydrogen) atoms. The average molecular weight is 401 g/mol. The first-order valence-electron chi connectivity index (χ1n) is 8.33. The quantitative estimate of drug-likeness (QED) is 0.202. The summed E-state index contributed by atoms with van der Waals surface area (Å²) in [6.45, 7) is 0. The van der Waals surface area contributed by atoms with Crippen LogP contribution in [-0.4, -0.2) is 32.4 Å². The molecule has 10 nitrogen and oxygen atoms in total. The number of hydrogen-bond donors (Lipinski definition) is 3. The Bertz CT molecular complexity index is 1260. The molecule has 0 aromatic heterocycles. The highest BCUT2D eigenvalue weighted by Crippen LogP contribution is 2.30. The molecule has 1 heterocycles. The van der Waals surface area contributed by atoms with Crippen LogP contribution in [0.3, 0.4) is 0 Å². The number of hydrogen-bond acceptors (Lipinski definition) is 7. The molecule has 10 heteroatoms. The topological polar surface area (TPSA) is 170 Å². The maximum absolute atomic E-state index is 12.2. The van der Waals surface area contributed by atoms with Gasteiger partial charge >= 0.3 is 5.97 Å². The van der Waals surface area contributed by atoms with Crippen molar-refractivity contribution in [1.82, 2.24) is 4.98 Å². The molecule has 2 aromatic rings. The molecular weight excluding hydrogens is 382 g/mol. The lowest BCUT2D eigenvalue weighted by molar-refractivity contribution is -0.742. The van der Waals surface area contributed by atoms with E-state index in [0.717, 1.165) is 10.9 Å². The Balaban J connectivity index is 0.000000741. The van der Waals surface area contributed by atoms with Crippen LogP contribution in [0.2, 0.25) is 0 Å². The Morgan fingerprint density at radius 3 is 2.55 bits per heavy atom. The Labute approximate surface area is 165 Å². The van der Waals surface area contributed by atoms with E-state index in [-0.39, 0.29) is 14.7 Å². The third-order valence-corrected chi connectivity index (χ3v) is 4.19. The normalized spacial score (nSPS) is 11.8. The van der Waals surface area contributed by atoms with Gasteiger partial charge in [-0.25, -0.2) is 4.98 Å². The van der Waals surface area contributed by atoms with E-state index in [2.05, 4.69) is 4.98 Å². The predicted octanol–water partition coefficient (Wildman–Crippen LogP) is 2.54. The zero-order chi connectivity index (χ0) is 21.1. The van der Waals surface area contributed by atoms with E-state index < -0.39 is 17.1 Å². The van der Waals surface area contributed by atoms with Crippen molar-refractivity contribution in [2.75, 3.05) is 0 Å². The van der Waals surface area contributed by atoms with E-state index in [1.165, 1.54) is 6.07 Å². The summed E-state index contributed by atoms with van der Waals surface area (Å²) in [7, 11) is 0. The van der Waals surface area contributed by atoms with E-state index in [4.69, 9.17) is 30.6 Å². The molecule has 0 amide bonds. The maximum Gasteiger partial charge on any atom is 0.320 e. The Hall–Kier alpha value is -4.05. The van der Waals surface area contributed by atoms with Crippen molar-refractivity contribution in [3.63, 3.8) is 0 Å². The molecule has 0 saturated carbocycles. The third kappa shape index (κ3) is 4.28. The molecule has 2 aromatic carbocycles. The zero-order valence-electron chi connectivity index (χ0n) is 14.8. The van der Waals surface area contributed by atoms with Crippen LogP contribution in [0.25, 0.3) is 33.3 Å². The van der Waals surface area contributed by atoms with Crippen molar-refractivity contribution < 1.29 is 27.5 Å². The Morgan fingerprint density at radius 1 is 1.24 bits per heavy atom. The molecule has 4 rings (SSSR count). The first kappa shape index (κ1) is 19.7. The van der Waals surface area contributed by atoms with Crippen LogP contribution in [0.15, 0.2) is 57.7 Å². The predicted molar refractivity (Wildman–Crippen MR) is 107 cm³/mol. The minimum absolute atomic E-state index is 0. The fourth-order valence-corrected chi connectivity index (χ4v) is 2.94. The summed E-state index contributed by atoms with van der Waals surface area (Å²) >= 11 is 0. The van der Waals surface area contributed by atoms with Crippen molar-refractivity contribution in [3.8, 4) is 11.5 Å². The lowest BCUT2D eigenvalue weighted by Crippen LogP contribution is -2.32. The van der Waals surface area contributed by atoms with E-state index in [0.29, 0.717) is 27.9 Å². The fraction of sp³-hybridized carbons (Fsp3) is 0.105. The number of aromatic nitrogens is 1. The molecule has 0 radical (unpaired) electrons. The van der Waals surface area contributed by atoms with Gasteiger partial charge in [-0.05, 0) is 24.1 Å². The number of nitrogens with two attached hydrogens (primary N) is 1. The van der Waals surface area contributed by atoms with Crippen molar-refractivity contribution >= 4 is 27.8 Å². The molecule has 0 saturated heterocycles. The molecule has 0 bridgehead atoms. The molecule has 152 valence electrons. The van der Waals surface area contributed by atoms with Gasteiger partial charge in [0.25, 0.3) is 5.09 Å². The van der Waals surface area contributed by atoms with Crippen LogP contribution in [0.1, 0.15) is 8.42 Å². The second kappa shape index (κ2) is 7.90. The van der Waals surface area contributed by atoms with Crippen LogP contribution in [0.5, 0.6) is 0 Å². The van der Waals surface area contributed by atoms with E-state index in [1.54, 1.807) is 30.3 Å². The molecule has 4 N–H and O–H groups in total. The molecule has 0 fully saturated rings. The number of aliphatic carboxylic acids is 1. The number of rotatable bonds is 3. The fourth-order valence-electron chi connectivity index (χ4n) is 2.94. The van der Waals surface area contributed by atoms with Crippen LogP contribution in [-0.2, 0) is 11.2 Å². The van der Waals surface area contributed by atoms with Gasteiger partial charge in [-0.1, -0.05) is 30.3 Å². The number of nitrogens with zero attached hydrogens (tertiary/aromatic N) is 2. The van der Waals surface area contributed by atoms with Crippen LogP contribution < -0.4 is 11.2 Å². The van der Waals surface area contributed by atoms with Crippen molar-refractivity contribution in [1.29, 1.82) is 0 Å². The molecule has 1 unspecified atom stereocenters. The van der Waals surface area contributed by atoms with E-state index in [1.807, 2.05) is 12.1 Å². The second-order valence-electron chi connectivity index (χ2n) is 6.17.